The van der Waals surface area contributed by atoms with E-state index < -0.39 is 56.7 Å². The summed E-state index contributed by atoms with van der Waals surface area (Å²) in [6.45, 7) is 16.1. The molecule has 0 spiro atoms. The van der Waals surface area contributed by atoms with Crippen LogP contribution >= 0.6 is 0 Å². The average molecular weight is 1500 g/mol. The Morgan fingerprint density at radius 3 is 1.08 bits per heavy atom. The minimum Gasteiger partial charge on any atom is -1.00 e. The first-order valence-corrected chi connectivity index (χ1v) is 27.9. The first-order chi connectivity index (χ1) is 39.5. The van der Waals surface area contributed by atoms with Crippen LogP contribution in [0.5, 0.6) is 0 Å². The molecule has 0 saturated carbocycles. The number of hydrogen-bond acceptors (Lipinski definition) is 16. The number of aliphatic hydroxyl groups excluding tert-OH is 2. The van der Waals surface area contributed by atoms with Crippen LogP contribution in [0.1, 0.15) is 75.0 Å². The van der Waals surface area contributed by atoms with Crippen LogP contribution in [0.25, 0.3) is 34.3 Å². The van der Waals surface area contributed by atoms with Crippen molar-refractivity contribution in [3.63, 3.8) is 0 Å². The molecule has 2 aromatic rings. The Kier molecular flexibility index (Phi) is 41.7. The number of allylic oxidation sites excluding steroid dienone is 6. The van der Waals surface area contributed by atoms with Gasteiger partial charge in [-0.2, -0.15) is 19.2 Å². The van der Waals surface area contributed by atoms with E-state index in [2.05, 4.69) is 29.0 Å². The molecule has 0 amide bonds. The topological polar surface area (TPSA) is 362 Å². The number of benzene rings is 2. The Morgan fingerprint density at radius 1 is 0.539 bits per heavy atom. The fourth-order valence-corrected chi connectivity index (χ4v) is 9.51. The van der Waals surface area contributed by atoms with Crippen molar-refractivity contribution >= 4 is 69.7 Å². The van der Waals surface area contributed by atoms with Crippen molar-refractivity contribution in [2.75, 3.05) is 79.0 Å². The fraction of sp³-hybridized carbons (Fsp3) is 0.417. The Hall–Kier alpha value is -5.12. The smallest absolute Gasteiger partial charge is 1.00 e. The molecule has 0 aromatic heterocycles. The van der Waals surface area contributed by atoms with Crippen LogP contribution in [0.15, 0.2) is 105 Å². The molecule has 2 aromatic carbocycles. The van der Waals surface area contributed by atoms with Crippen LogP contribution in [0, 0.1) is 0 Å². The van der Waals surface area contributed by atoms with Gasteiger partial charge < -0.3 is 139 Å². The van der Waals surface area contributed by atoms with Crippen LogP contribution in [0.3, 0.4) is 0 Å². The molecule has 2 atom stereocenters. The summed E-state index contributed by atoms with van der Waals surface area (Å²) in [6.07, 6.45) is 7.35. The molecule has 2 fully saturated rings. The quantitative estimate of drug-likeness (QED) is 0.0953. The van der Waals surface area contributed by atoms with Gasteiger partial charge in [0.05, 0.1) is 74.0 Å². The summed E-state index contributed by atoms with van der Waals surface area (Å²) in [5, 5.41) is 19.5. The maximum absolute atomic E-state index is 11.0. The van der Waals surface area contributed by atoms with Crippen LogP contribution in [-0.4, -0.2) is 182 Å². The minimum absolute atomic E-state index is 0. The van der Waals surface area contributed by atoms with E-state index in [0.29, 0.717) is 88.6 Å². The zero-order valence-electron chi connectivity index (χ0n) is 48.1. The van der Waals surface area contributed by atoms with Gasteiger partial charge in [-0.05, 0) is 63.1 Å². The summed E-state index contributed by atoms with van der Waals surface area (Å²) >= 11 is 0. The molecular formula is C48H56B2Cl2F8N10O14S2Zn3. The van der Waals surface area contributed by atoms with Crippen LogP contribution < -0.4 is 24.8 Å². The van der Waals surface area contributed by atoms with E-state index >= 15 is 0 Å². The van der Waals surface area contributed by atoms with Crippen LogP contribution in [-0.2, 0) is 107 Å². The number of halogens is 10. The molecule has 4 aliphatic carbocycles. The van der Waals surface area contributed by atoms with Gasteiger partial charge in [-0.15, -0.1) is 0 Å². The Balaban J connectivity index is -0.00000104. The predicted octanol–water partition coefficient (Wildman–Crippen LogP) is 0.367. The van der Waals surface area contributed by atoms with E-state index in [-0.39, 0.29) is 117 Å². The van der Waals surface area contributed by atoms with E-state index in [9.17, 15) is 70.7 Å². The SMILES string of the molecule is CCOC1=CC(N2CCOCC2)=C(OCC)CC1=[N+]=[N-].CCOC1=CC(N2CCOCC2)=C(OCC)CC1=[N+]=[N-].F[B-](F)(F)F.F[B-](F)(F)F.[Cl-].[Cl-].[N-]=[N+]=C1C=Cc2c(cccc2S(=O)(=O)[O-])C1O.[N-]=[N+]=C1C=Cc2c(cccc2S(=O)(=O)[O-])C1O.[Zn+2].[Zn+2].[Zn+2]. The van der Waals surface area contributed by atoms with E-state index in [0.717, 1.165) is 49.1 Å². The summed E-state index contributed by atoms with van der Waals surface area (Å²) in [5.74, 6) is 2.87. The Bertz CT molecular complexity index is 3100. The predicted molar refractivity (Wildman–Crippen MR) is 282 cm³/mol. The van der Waals surface area contributed by atoms with Gasteiger partial charge in [0.2, 0.25) is 11.5 Å². The van der Waals surface area contributed by atoms with E-state index in [1.807, 2.05) is 39.8 Å². The van der Waals surface area contributed by atoms with Crippen molar-refractivity contribution in [3.8, 4) is 0 Å². The van der Waals surface area contributed by atoms with Crippen LogP contribution in [0.4, 0.5) is 34.5 Å². The number of nitrogens with zero attached hydrogens (tertiary/aromatic N) is 10. The molecule has 2 saturated heterocycles. The first kappa shape index (κ1) is 88.1. The molecular weight excluding hydrogens is 1450 g/mol. The molecule has 89 heavy (non-hydrogen) atoms. The number of fused-ring (bicyclic) bond motifs is 2. The molecule has 476 valence electrons. The molecule has 2 heterocycles. The zero-order valence-corrected chi connectivity index (χ0v) is 60.2. The monoisotopic (exact) mass is 1500 g/mol. The van der Waals surface area contributed by atoms with Gasteiger partial charge in [0.25, 0.3) is 0 Å². The van der Waals surface area contributed by atoms with Crippen molar-refractivity contribution in [2.45, 2.75) is 62.5 Å². The molecule has 41 heteroatoms. The summed E-state index contributed by atoms with van der Waals surface area (Å²) < 4.78 is 177. The molecule has 0 bridgehead atoms. The fourth-order valence-electron chi connectivity index (χ4n) is 8.11. The van der Waals surface area contributed by atoms with Crippen LogP contribution in [0.2, 0.25) is 0 Å². The summed E-state index contributed by atoms with van der Waals surface area (Å²) in [4.78, 5) is 16.0. The third-order valence-electron chi connectivity index (χ3n) is 11.5. The zero-order chi connectivity index (χ0) is 63.0. The van der Waals surface area contributed by atoms with Gasteiger partial charge in [0, 0.05) is 61.6 Å². The molecule has 24 nitrogen and oxygen atoms in total. The normalized spacial score (nSPS) is 17.3. The van der Waals surface area contributed by atoms with Gasteiger partial charge in [-0.1, -0.05) is 24.3 Å². The molecule has 2 aliphatic heterocycles. The van der Waals surface area contributed by atoms with E-state index in [4.69, 9.17) is 50.5 Å². The van der Waals surface area contributed by atoms with Gasteiger partial charge in [0.1, 0.15) is 44.6 Å². The molecule has 6 aliphatic rings. The van der Waals surface area contributed by atoms with Gasteiger partial charge in [0.15, 0.2) is 12.2 Å². The summed E-state index contributed by atoms with van der Waals surface area (Å²) in [5.41, 5.74) is 39.2. The standard InChI is InChI=1S/2C14H21N3O3.2C10H8N2O4S.2BF4.2ClH.3Zn/c2*1-3-19-13-10-12(17-5-7-18-8-6-17)14(20-4-2)9-11(13)16-15;2*11-12-8-5-4-6-7(10(8)13)2-1-3-9(6)17(14,15)16;2*2-1(3,4)5;;;;;/h2*10H,3-9H2,1-2H3;2*1-5,10,13H,(H,14,15,16);;;2*1H;;;/q;;;;2*-1;;;3*+2/p-4. The maximum Gasteiger partial charge on any atom is 2.00 e. The van der Waals surface area contributed by atoms with Crippen molar-refractivity contribution in [1.82, 2.24) is 9.80 Å². The second kappa shape index (κ2) is 42.1. The average Bonchev–Trinajstić information content (AvgIpc) is 1.12. The van der Waals surface area contributed by atoms with Gasteiger partial charge in [-0.25, -0.2) is 16.8 Å². The van der Waals surface area contributed by atoms with Crippen molar-refractivity contribution in [2.24, 2.45) is 0 Å². The van der Waals surface area contributed by atoms with E-state index in [1.54, 1.807) is 0 Å². The van der Waals surface area contributed by atoms with Gasteiger partial charge >= 0.3 is 95.8 Å². The number of aliphatic hydroxyl groups is 2. The first-order valence-electron chi connectivity index (χ1n) is 25.1. The third-order valence-corrected chi connectivity index (χ3v) is 13.3. The van der Waals surface area contributed by atoms with E-state index in [1.165, 1.54) is 60.7 Å². The second-order valence-corrected chi connectivity index (χ2v) is 19.6. The number of rotatable bonds is 12. The van der Waals surface area contributed by atoms with Gasteiger partial charge in [-0.3, -0.25) is 0 Å². The maximum atomic E-state index is 11.0. The Morgan fingerprint density at radius 2 is 0.831 bits per heavy atom. The molecule has 0 radical (unpaired) electrons. The molecule has 2 N–H and O–H groups in total. The third kappa shape index (κ3) is 28.9. The number of morpholine rings is 2. The minimum atomic E-state index is -6.00. The molecule has 2 unspecified atom stereocenters. The largest absolute Gasteiger partial charge is 2.00 e. The molecule has 8 rings (SSSR count). The number of hydrogen-bond donors (Lipinski definition) is 2. The summed E-state index contributed by atoms with van der Waals surface area (Å²) in [6, 6.07) is 7.95. The van der Waals surface area contributed by atoms with Crippen molar-refractivity contribution < 1.29 is 202 Å². The van der Waals surface area contributed by atoms with Crippen molar-refractivity contribution in [3.05, 3.63) is 140 Å². The second-order valence-electron chi connectivity index (χ2n) is 16.9. The Labute approximate surface area is 558 Å². The summed E-state index contributed by atoms with van der Waals surface area (Å²) in [7, 11) is -21.2. The van der Waals surface area contributed by atoms with Crippen molar-refractivity contribution in [1.29, 1.82) is 0 Å². The number of ether oxygens (including phenoxy) is 6.